The highest BCUT2D eigenvalue weighted by atomic mass is 16.4. The number of carbonyl (C=O) groups excluding carboxylic acids is 1. The summed E-state index contributed by atoms with van der Waals surface area (Å²) in [6.07, 6.45) is 1.55. The highest BCUT2D eigenvalue weighted by Crippen LogP contribution is 2.06. The number of rotatable bonds is 5. The number of aliphatic carboxylic acids is 1. The Morgan fingerprint density at radius 2 is 1.89 bits per heavy atom. The normalized spacial score (nSPS) is 14.0. The van der Waals surface area contributed by atoms with Gasteiger partial charge in [-0.15, -0.1) is 0 Å². The number of aliphatic hydroxyl groups excluding tert-OH is 1. The summed E-state index contributed by atoms with van der Waals surface area (Å²) in [5, 5.41) is 20.2. The van der Waals surface area contributed by atoms with Gasteiger partial charge in [0.15, 0.2) is 6.04 Å². The SMILES string of the molecule is CC(O)C(NC(=O)/C=C/c1ccc(N)cc1)C(=O)O. The van der Waals surface area contributed by atoms with Crippen LogP contribution < -0.4 is 11.1 Å². The number of nitrogens with one attached hydrogen (secondary N) is 1. The molecule has 0 fully saturated rings. The first-order chi connectivity index (χ1) is 8.90. The minimum absolute atomic E-state index is 0.592. The van der Waals surface area contributed by atoms with Crippen molar-refractivity contribution in [3.63, 3.8) is 0 Å². The van der Waals surface area contributed by atoms with Crippen molar-refractivity contribution in [3.05, 3.63) is 35.9 Å². The molecule has 0 aliphatic rings. The number of nitrogen functional groups attached to an aromatic ring is 1. The van der Waals surface area contributed by atoms with Crippen LogP contribution in [0.3, 0.4) is 0 Å². The second-order valence-electron chi connectivity index (χ2n) is 4.07. The van der Waals surface area contributed by atoms with Gasteiger partial charge in [0.25, 0.3) is 0 Å². The van der Waals surface area contributed by atoms with Crippen LogP contribution in [0.5, 0.6) is 0 Å². The third kappa shape index (κ3) is 4.81. The van der Waals surface area contributed by atoms with Crippen molar-refractivity contribution in [1.82, 2.24) is 5.32 Å². The van der Waals surface area contributed by atoms with Crippen LogP contribution in [0, 0.1) is 0 Å². The Morgan fingerprint density at radius 1 is 1.32 bits per heavy atom. The van der Waals surface area contributed by atoms with Crippen LogP contribution in [-0.4, -0.2) is 34.2 Å². The molecule has 0 aromatic heterocycles. The van der Waals surface area contributed by atoms with E-state index in [0.717, 1.165) is 5.56 Å². The first-order valence-corrected chi connectivity index (χ1v) is 5.65. The monoisotopic (exact) mass is 264 g/mol. The predicted octanol–water partition coefficient (Wildman–Crippen LogP) is 0.232. The Kier molecular flexibility index (Phi) is 5.08. The summed E-state index contributed by atoms with van der Waals surface area (Å²) < 4.78 is 0. The molecule has 6 heteroatoms. The molecule has 2 atom stereocenters. The molecule has 0 spiro atoms. The molecule has 19 heavy (non-hydrogen) atoms. The van der Waals surface area contributed by atoms with E-state index in [2.05, 4.69) is 5.32 Å². The summed E-state index contributed by atoms with van der Waals surface area (Å²) in [6, 6.07) is 5.50. The number of carboxylic acids is 1. The van der Waals surface area contributed by atoms with E-state index >= 15 is 0 Å². The lowest BCUT2D eigenvalue weighted by Crippen LogP contribution is -2.47. The van der Waals surface area contributed by atoms with Crippen LogP contribution in [0.25, 0.3) is 6.08 Å². The van der Waals surface area contributed by atoms with Crippen molar-refractivity contribution in [2.45, 2.75) is 19.1 Å². The molecule has 0 heterocycles. The summed E-state index contributed by atoms with van der Waals surface area (Å²) in [5.41, 5.74) is 6.89. The van der Waals surface area contributed by atoms with Crippen LogP contribution in [0.15, 0.2) is 30.3 Å². The van der Waals surface area contributed by atoms with E-state index in [4.69, 9.17) is 10.8 Å². The van der Waals surface area contributed by atoms with E-state index in [0.29, 0.717) is 5.69 Å². The molecule has 1 aromatic carbocycles. The Bertz CT molecular complexity index is 480. The lowest BCUT2D eigenvalue weighted by Gasteiger charge is -2.15. The largest absolute Gasteiger partial charge is 0.480 e. The summed E-state index contributed by atoms with van der Waals surface area (Å²) in [4.78, 5) is 22.3. The lowest BCUT2D eigenvalue weighted by molar-refractivity contribution is -0.144. The zero-order chi connectivity index (χ0) is 14.4. The van der Waals surface area contributed by atoms with E-state index in [1.54, 1.807) is 24.3 Å². The number of amides is 1. The number of aliphatic hydroxyl groups is 1. The third-order valence-electron chi connectivity index (χ3n) is 2.41. The summed E-state index contributed by atoms with van der Waals surface area (Å²) >= 11 is 0. The minimum Gasteiger partial charge on any atom is -0.480 e. The number of nitrogens with two attached hydrogens (primary N) is 1. The lowest BCUT2D eigenvalue weighted by atomic mass is 10.1. The Hall–Kier alpha value is -2.34. The highest BCUT2D eigenvalue weighted by Gasteiger charge is 2.23. The molecule has 0 saturated carbocycles. The average Bonchev–Trinajstić information content (AvgIpc) is 2.34. The number of hydrogen-bond acceptors (Lipinski definition) is 4. The van der Waals surface area contributed by atoms with Gasteiger partial charge in [-0.2, -0.15) is 0 Å². The Labute approximate surface area is 110 Å². The zero-order valence-corrected chi connectivity index (χ0v) is 10.4. The van der Waals surface area contributed by atoms with Crippen molar-refractivity contribution in [2.24, 2.45) is 0 Å². The van der Waals surface area contributed by atoms with E-state index < -0.39 is 24.0 Å². The molecular weight excluding hydrogens is 248 g/mol. The van der Waals surface area contributed by atoms with Gasteiger partial charge in [-0.05, 0) is 30.7 Å². The van der Waals surface area contributed by atoms with E-state index in [1.165, 1.54) is 19.1 Å². The molecular formula is C13H16N2O4. The first-order valence-electron chi connectivity index (χ1n) is 5.65. The fourth-order valence-electron chi connectivity index (χ4n) is 1.37. The summed E-state index contributed by atoms with van der Waals surface area (Å²) in [7, 11) is 0. The molecule has 0 radical (unpaired) electrons. The maximum Gasteiger partial charge on any atom is 0.328 e. The quantitative estimate of drug-likeness (QED) is 0.449. The predicted molar refractivity (Wildman–Crippen MR) is 71.1 cm³/mol. The van der Waals surface area contributed by atoms with E-state index in [-0.39, 0.29) is 0 Å². The van der Waals surface area contributed by atoms with Gasteiger partial charge in [0.1, 0.15) is 0 Å². The summed E-state index contributed by atoms with van der Waals surface area (Å²) in [5.74, 6) is -1.88. The van der Waals surface area contributed by atoms with Crippen LogP contribution in [0.4, 0.5) is 5.69 Å². The van der Waals surface area contributed by atoms with Crippen molar-refractivity contribution >= 4 is 23.6 Å². The van der Waals surface area contributed by atoms with Gasteiger partial charge in [-0.3, -0.25) is 4.79 Å². The molecule has 1 aromatic rings. The average molecular weight is 264 g/mol. The second-order valence-corrected chi connectivity index (χ2v) is 4.07. The smallest absolute Gasteiger partial charge is 0.328 e. The highest BCUT2D eigenvalue weighted by molar-refractivity contribution is 5.94. The zero-order valence-electron chi connectivity index (χ0n) is 10.4. The van der Waals surface area contributed by atoms with E-state index in [9.17, 15) is 14.7 Å². The molecule has 0 saturated heterocycles. The fraction of sp³-hybridized carbons (Fsp3) is 0.231. The topological polar surface area (TPSA) is 113 Å². The summed E-state index contributed by atoms with van der Waals surface area (Å²) in [6.45, 7) is 1.29. The molecule has 1 amide bonds. The van der Waals surface area contributed by atoms with Crippen molar-refractivity contribution in [1.29, 1.82) is 0 Å². The van der Waals surface area contributed by atoms with Gasteiger partial charge in [0.05, 0.1) is 6.10 Å². The van der Waals surface area contributed by atoms with Gasteiger partial charge in [-0.25, -0.2) is 4.79 Å². The molecule has 2 unspecified atom stereocenters. The third-order valence-corrected chi connectivity index (χ3v) is 2.41. The maximum absolute atomic E-state index is 11.5. The fourth-order valence-corrected chi connectivity index (χ4v) is 1.37. The van der Waals surface area contributed by atoms with Crippen LogP contribution in [0.1, 0.15) is 12.5 Å². The number of benzene rings is 1. The molecule has 6 nitrogen and oxygen atoms in total. The molecule has 0 bridgehead atoms. The molecule has 0 aliphatic heterocycles. The number of hydrogen-bond donors (Lipinski definition) is 4. The van der Waals surface area contributed by atoms with Gasteiger partial charge < -0.3 is 21.3 Å². The second kappa shape index (κ2) is 6.55. The van der Waals surface area contributed by atoms with Crippen LogP contribution in [-0.2, 0) is 9.59 Å². The number of carbonyl (C=O) groups is 2. The standard InChI is InChI=1S/C13H16N2O4/c1-8(16)12(13(18)19)15-11(17)7-4-9-2-5-10(14)6-3-9/h2-8,12,16H,14H2,1H3,(H,15,17)(H,18,19)/b7-4+. The van der Waals surface area contributed by atoms with Crippen LogP contribution >= 0.6 is 0 Å². The first kappa shape index (κ1) is 14.7. The molecule has 1 rings (SSSR count). The Balaban J connectivity index is 2.64. The van der Waals surface area contributed by atoms with Gasteiger partial charge >= 0.3 is 5.97 Å². The maximum atomic E-state index is 11.5. The Morgan fingerprint density at radius 3 is 2.37 bits per heavy atom. The molecule has 5 N–H and O–H groups in total. The number of carboxylic acid groups (broad SMARTS) is 1. The molecule has 102 valence electrons. The minimum atomic E-state index is -1.33. The van der Waals surface area contributed by atoms with Crippen molar-refractivity contribution in [3.8, 4) is 0 Å². The van der Waals surface area contributed by atoms with E-state index in [1.807, 2.05) is 0 Å². The number of anilines is 1. The van der Waals surface area contributed by atoms with Crippen molar-refractivity contribution in [2.75, 3.05) is 5.73 Å². The molecule has 0 aliphatic carbocycles. The van der Waals surface area contributed by atoms with Crippen molar-refractivity contribution < 1.29 is 19.8 Å². The van der Waals surface area contributed by atoms with Gasteiger partial charge in [-0.1, -0.05) is 12.1 Å². The van der Waals surface area contributed by atoms with Crippen LogP contribution in [0.2, 0.25) is 0 Å². The van der Waals surface area contributed by atoms with Gasteiger partial charge in [0.2, 0.25) is 5.91 Å². The van der Waals surface area contributed by atoms with Gasteiger partial charge in [0, 0.05) is 11.8 Å².